The van der Waals surface area contributed by atoms with Crippen LogP contribution in [-0.2, 0) is 14.4 Å². The van der Waals surface area contributed by atoms with E-state index in [2.05, 4.69) is 5.32 Å². The van der Waals surface area contributed by atoms with Gasteiger partial charge in [-0.25, -0.2) is 4.79 Å². The third-order valence-corrected chi connectivity index (χ3v) is 2.26. The first kappa shape index (κ1) is 16.3. The van der Waals surface area contributed by atoms with Gasteiger partial charge in [0.2, 0.25) is 11.8 Å². The standard InChI is InChI=1S/C10H19N3O5/c1-5(2)8(11)9(16)12-3-7(15)13-6(4-14)10(17)18/h5-6,8,14H,3-4,11H2,1-2H3,(H,12,16)(H,13,15)(H,17,18)/t6-,8+/m1/s1. The number of carboxylic acid groups (broad SMARTS) is 1. The molecular formula is C10H19N3O5. The zero-order chi connectivity index (χ0) is 14.3. The Hall–Kier alpha value is -1.67. The summed E-state index contributed by atoms with van der Waals surface area (Å²) >= 11 is 0. The molecule has 0 aromatic heterocycles. The number of carbonyl (C=O) groups is 3. The van der Waals surface area contributed by atoms with Crippen LogP contribution in [0.5, 0.6) is 0 Å². The predicted molar refractivity (Wildman–Crippen MR) is 62.5 cm³/mol. The maximum absolute atomic E-state index is 11.4. The molecule has 0 saturated carbocycles. The molecule has 0 heterocycles. The lowest BCUT2D eigenvalue weighted by Gasteiger charge is -2.16. The molecule has 8 nitrogen and oxygen atoms in total. The topological polar surface area (TPSA) is 142 Å². The summed E-state index contributed by atoms with van der Waals surface area (Å²) < 4.78 is 0. The molecule has 0 saturated heterocycles. The largest absolute Gasteiger partial charge is 0.480 e. The second kappa shape index (κ2) is 7.62. The fourth-order valence-corrected chi connectivity index (χ4v) is 1.02. The summed E-state index contributed by atoms with van der Waals surface area (Å²) in [4.78, 5) is 33.2. The first-order chi connectivity index (χ1) is 8.29. The lowest BCUT2D eigenvalue weighted by molar-refractivity contribution is -0.142. The van der Waals surface area contributed by atoms with Gasteiger partial charge in [0.25, 0.3) is 0 Å². The van der Waals surface area contributed by atoms with Crippen molar-refractivity contribution in [2.24, 2.45) is 11.7 Å². The smallest absolute Gasteiger partial charge is 0.328 e. The molecule has 0 fully saturated rings. The van der Waals surface area contributed by atoms with E-state index in [1.807, 2.05) is 5.32 Å². The van der Waals surface area contributed by atoms with Crippen LogP contribution in [0.2, 0.25) is 0 Å². The fraction of sp³-hybridized carbons (Fsp3) is 0.700. The van der Waals surface area contributed by atoms with Gasteiger partial charge in [-0.05, 0) is 5.92 Å². The molecule has 6 N–H and O–H groups in total. The first-order valence-corrected chi connectivity index (χ1v) is 5.45. The molecule has 2 amide bonds. The molecule has 0 bridgehead atoms. The molecule has 0 spiro atoms. The van der Waals surface area contributed by atoms with Gasteiger partial charge in [0.15, 0.2) is 0 Å². The second-order valence-electron chi connectivity index (χ2n) is 4.13. The molecule has 8 heteroatoms. The Labute approximate surface area is 105 Å². The number of nitrogens with one attached hydrogen (secondary N) is 2. The summed E-state index contributed by atoms with van der Waals surface area (Å²) in [6.45, 7) is 2.41. The van der Waals surface area contributed by atoms with E-state index in [0.29, 0.717) is 0 Å². The van der Waals surface area contributed by atoms with Gasteiger partial charge in [0.05, 0.1) is 19.2 Å². The number of rotatable bonds is 7. The number of aliphatic hydroxyl groups excluding tert-OH is 1. The highest BCUT2D eigenvalue weighted by Crippen LogP contribution is 1.97. The van der Waals surface area contributed by atoms with E-state index in [9.17, 15) is 14.4 Å². The molecule has 0 aliphatic carbocycles. The van der Waals surface area contributed by atoms with Crippen molar-refractivity contribution >= 4 is 17.8 Å². The monoisotopic (exact) mass is 261 g/mol. The molecule has 18 heavy (non-hydrogen) atoms. The molecule has 0 aliphatic rings. The van der Waals surface area contributed by atoms with E-state index in [1.165, 1.54) is 0 Å². The number of aliphatic carboxylic acids is 1. The summed E-state index contributed by atoms with van der Waals surface area (Å²) in [7, 11) is 0. The van der Waals surface area contributed by atoms with Crippen molar-refractivity contribution in [3.05, 3.63) is 0 Å². The van der Waals surface area contributed by atoms with Gasteiger partial charge < -0.3 is 26.6 Å². The highest BCUT2D eigenvalue weighted by Gasteiger charge is 2.20. The molecule has 0 aromatic rings. The van der Waals surface area contributed by atoms with Crippen LogP contribution in [-0.4, -0.2) is 53.2 Å². The van der Waals surface area contributed by atoms with Gasteiger partial charge >= 0.3 is 5.97 Å². The highest BCUT2D eigenvalue weighted by atomic mass is 16.4. The minimum absolute atomic E-state index is 0.0720. The summed E-state index contributed by atoms with van der Waals surface area (Å²) in [5, 5.41) is 21.6. The Morgan fingerprint density at radius 2 is 1.83 bits per heavy atom. The summed E-state index contributed by atoms with van der Waals surface area (Å²) in [5.41, 5.74) is 5.54. The van der Waals surface area contributed by atoms with Crippen LogP contribution < -0.4 is 16.4 Å². The Kier molecular flexibility index (Phi) is 6.91. The predicted octanol–water partition coefficient (Wildman–Crippen LogP) is -2.35. The average Bonchev–Trinajstić information content (AvgIpc) is 2.31. The van der Waals surface area contributed by atoms with Crippen molar-refractivity contribution in [3.8, 4) is 0 Å². The Morgan fingerprint density at radius 1 is 1.28 bits per heavy atom. The van der Waals surface area contributed by atoms with Crippen molar-refractivity contribution in [2.45, 2.75) is 25.9 Å². The zero-order valence-electron chi connectivity index (χ0n) is 10.3. The van der Waals surface area contributed by atoms with Crippen molar-refractivity contribution < 1.29 is 24.6 Å². The maximum atomic E-state index is 11.4. The maximum Gasteiger partial charge on any atom is 0.328 e. The van der Waals surface area contributed by atoms with E-state index in [1.54, 1.807) is 13.8 Å². The van der Waals surface area contributed by atoms with E-state index in [-0.39, 0.29) is 12.5 Å². The molecule has 0 aromatic carbocycles. The number of carboxylic acids is 1. The number of nitrogens with two attached hydrogens (primary N) is 1. The lowest BCUT2D eigenvalue weighted by atomic mass is 10.1. The molecule has 0 aliphatic heterocycles. The summed E-state index contributed by atoms with van der Waals surface area (Å²) in [6.07, 6.45) is 0. The Bertz CT molecular complexity index is 319. The lowest BCUT2D eigenvalue weighted by Crippen LogP contribution is -2.50. The molecule has 2 atom stereocenters. The normalized spacial score (nSPS) is 13.8. The van der Waals surface area contributed by atoms with Gasteiger partial charge in [-0.15, -0.1) is 0 Å². The van der Waals surface area contributed by atoms with Crippen LogP contribution in [0.25, 0.3) is 0 Å². The van der Waals surface area contributed by atoms with Crippen molar-refractivity contribution in [2.75, 3.05) is 13.2 Å². The van der Waals surface area contributed by atoms with Crippen LogP contribution in [0.15, 0.2) is 0 Å². The van der Waals surface area contributed by atoms with Gasteiger partial charge in [0.1, 0.15) is 6.04 Å². The van der Waals surface area contributed by atoms with E-state index >= 15 is 0 Å². The van der Waals surface area contributed by atoms with Crippen LogP contribution in [0.3, 0.4) is 0 Å². The fourth-order valence-electron chi connectivity index (χ4n) is 1.02. The summed E-state index contributed by atoms with van der Waals surface area (Å²) in [5.74, 6) is -2.62. The van der Waals surface area contributed by atoms with Crippen LogP contribution in [0, 0.1) is 5.92 Å². The zero-order valence-corrected chi connectivity index (χ0v) is 10.3. The van der Waals surface area contributed by atoms with Crippen LogP contribution in [0.1, 0.15) is 13.8 Å². The van der Waals surface area contributed by atoms with E-state index < -0.39 is 36.5 Å². The minimum Gasteiger partial charge on any atom is -0.480 e. The number of hydrogen-bond acceptors (Lipinski definition) is 5. The van der Waals surface area contributed by atoms with Gasteiger partial charge in [-0.1, -0.05) is 13.8 Å². The van der Waals surface area contributed by atoms with Crippen LogP contribution in [0.4, 0.5) is 0 Å². The second-order valence-corrected chi connectivity index (χ2v) is 4.13. The average molecular weight is 261 g/mol. The first-order valence-electron chi connectivity index (χ1n) is 5.45. The quantitative estimate of drug-likeness (QED) is 0.347. The minimum atomic E-state index is -1.38. The highest BCUT2D eigenvalue weighted by molar-refractivity contribution is 5.89. The van der Waals surface area contributed by atoms with Gasteiger partial charge in [-0.2, -0.15) is 0 Å². The van der Waals surface area contributed by atoms with Gasteiger partial charge in [0, 0.05) is 0 Å². The van der Waals surface area contributed by atoms with Crippen molar-refractivity contribution in [1.29, 1.82) is 0 Å². The van der Waals surface area contributed by atoms with Crippen molar-refractivity contribution in [1.82, 2.24) is 10.6 Å². The molecule has 0 rings (SSSR count). The number of aliphatic hydroxyl groups is 1. The SMILES string of the molecule is CC(C)[C@H](N)C(=O)NCC(=O)N[C@H](CO)C(=O)O. The number of hydrogen-bond donors (Lipinski definition) is 5. The molecule has 104 valence electrons. The van der Waals surface area contributed by atoms with E-state index in [0.717, 1.165) is 0 Å². The molecular weight excluding hydrogens is 242 g/mol. The molecule has 0 unspecified atom stereocenters. The Morgan fingerprint density at radius 3 is 2.22 bits per heavy atom. The summed E-state index contributed by atoms with van der Waals surface area (Å²) in [6, 6.07) is -2.11. The third kappa shape index (κ3) is 5.60. The van der Waals surface area contributed by atoms with Crippen molar-refractivity contribution in [3.63, 3.8) is 0 Å². The molecule has 0 radical (unpaired) electrons. The Balaban J connectivity index is 4.11. The number of carbonyl (C=O) groups excluding carboxylic acids is 2. The van der Waals surface area contributed by atoms with E-state index in [4.69, 9.17) is 15.9 Å². The number of amides is 2. The third-order valence-electron chi connectivity index (χ3n) is 2.26. The van der Waals surface area contributed by atoms with Crippen LogP contribution >= 0.6 is 0 Å². The van der Waals surface area contributed by atoms with Gasteiger partial charge in [-0.3, -0.25) is 9.59 Å².